The van der Waals surface area contributed by atoms with Gasteiger partial charge in [-0.25, -0.2) is 0 Å². The lowest BCUT2D eigenvalue weighted by molar-refractivity contribution is -0.146. The Morgan fingerprint density at radius 3 is 2.57 bits per heavy atom. The molecule has 1 saturated heterocycles. The average Bonchev–Trinajstić information content (AvgIpc) is 3.71. The smallest absolute Gasteiger partial charge is 0.264 e. The molecular weight excluding hydrogens is 706 g/mol. The fourth-order valence-electron chi connectivity index (χ4n) is 7.55. The van der Waals surface area contributed by atoms with E-state index in [1.807, 2.05) is 80.8 Å². The van der Waals surface area contributed by atoms with E-state index in [1.54, 1.807) is 27.8 Å². The van der Waals surface area contributed by atoms with Gasteiger partial charge in [0.2, 0.25) is 0 Å². The van der Waals surface area contributed by atoms with Crippen LogP contribution in [0.3, 0.4) is 0 Å². The molecule has 6 atom stereocenters. The van der Waals surface area contributed by atoms with Gasteiger partial charge < -0.3 is 30.0 Å². The number of carbonyl (C=O) groups excluding carboxylic acids is 2. The van der Waals surface area contributed by atoms with Crippen molar-refractivity contribution < 1.29 is 29.3 Å². The molecule has 2 aliphatic rings. The van der Waals surface area contributed by atoms with E-state index in [2.05, 4.69) is 31.6 Å². The van der Waals surface area contributed by atoms with E-state index in [0.717, 1.165) is 26.9 Å². The lowest BCUT2D eigenvalue weighted by Crippen LogP contribution is -2.46. The number of aromatic nitrogens is 3. The Labute approximate surface area is 295 Å². The molecule has 11 nitrogen and oxygen atoms in total. The molecule has 1 unspecified atom stereocenters. The lowest BCUT2D eigenvalue weighted by atomic mass is 9.82. The van der Waals surface area contributed by atoms with Gasteiger partial charge >= 0.3 is 0 Å². The van der Waals surface area contributed by atoms with Crippen molar-refractivity contribution in [2.75, 3.05) is 16.8 Å². The predicted molar refractivity (Wildman–Crippen MR) is 191 cm³/mol. The highest BCUT2D eigenvalue weighted by molar-refractivity contribution is 9.10. The van der Waals surface area contributed by atoms with Crippen LogP contribution in [0, 0.1) is 5.92 Å². The zero-order chi connectivity index (χ0) is 35.1. The maximum absolute atomic E-state index is 14.8. The van der Waals surface area contributed by atoms with Crippen LogP contribution in [0.5, 0.6) is 0 Å². The number of rotatable bonds is 11. The summed E-state index contributed by atoms with van der Waals surface area (Å²) in [5.41, 5.74) is 2.82. The van der Waals surface area contributed by atoms with Crippen LogP contribution in [-0.2, 0) is 33.0 Å². The number of aryl methyl sites for hydroxylation is 1. The second-order valence-electron chi connectivity index (χ2n) is 13.6. The Morgan fingerprint density at radius 2 is 1.88 bits per heavy atom. The van der Waals surface area contributed by atoms with Crippen molar-refractivity contribution >= 4 is 47.4 Å². The number of halogens is 1. The number of ether oxygens (including phenoxy) is 1. The normalized spacial score (nSPS) is 23.1. The van der Waals surface area contributed by atoms with Crippen LogP contribution in [0.2, 0.25) is 18.6 Å². The fourth-order valence-corrected chi connectivity index (χ4v) is 10.5. The minimum Gasteiger partial charge on any atom is -0.432 e. The number of hydrogen-bond acceptors (Lipinski definition) is 8. The molecule has 0 aliphatic carbocycles. The van der Waals surface area contributed by atoms with Gasteiger partial charge in [0.15, 0.2) is 13.9 Å². The molecule has 258 valence electrons. The molecule has 0 radical (unpaired) electrons. The number of aliphatic hydroxyl groups excluding tert-OH is 2. The third-order valence-electron chi connectivity index (χ3n) is 9.80. The summed E-state index contributed by atoms with van der Waals surface area (Å²) in [4.78, 5) is 40.3. The second kappa shape index (κ2) is 13.9. The number of hydrogen-bond donors (Lipinski definition) is 4. The van der Waals surface area contributed by atoms with Crippen molar-refractivity contribution in [3.8, 4) is 0 Å². The fraction of sp³-hybridized carbons (Fsp3) is 0.389. The highest BCUT2D eigenvalue weighted by Crippen LogP contribution is 2.60. The standard InChI is InChI=1S/C36H42BrN5O6Si/c1-22-33(49(3,4)47)32(15-16-41-20-30(39-40-41)28(21-43)25-10-6-5-7-11-25)48-36(22)29-18-26(37)13-14-31(29)42(35(36)46)19-24-9-8-12-27(17-24)38-34(45)23(2)44/h5-14,17-18,20,22-23,28,32-33,43-44,47H,15-16,19,21H2,1-4H3,(H,38,45)/t22-,23+,28?,32+,33-,36+/m1/s1. The maximum Gasteiger partial charge on any atom is 0.264 e. The van der Waals surface area contributed by atoms with Crippen molar-refractivity contribution in [3.63, 3.8) is 0 Å². The Bertz CT molecular complexity index is 1830. The summed E-state index contributed by atoms with van der Waals surface area (Å²) in [6, 6.07) is 22.6. The molecule has 6 rings (SSSR count). The van der Waals surface area contributed by atoms with Gasteiger partial charge in [-0.1, -0.05) is 70.5 Å². The number of amides is 2. The van der Waals surface area contributed by atoms with Crippen LogP contribution >= 0.6 is 15.9 Å². The average molecular weight is 749 g/mol. The first-order valence-corrected chi connectivity index (χ1v) is 20.3. The monoisotopic (exact) mass is 747 g/mol. The first kappa shape index (κ1) is 35.1. The van der Waals surface area contributed by atoms with E-state index < -0.39 is 32.0 Å². The number of benzene rings is 3. The minimum atomic E-state index is -2.88. The Balaban J connectivity index is 1.28. The van der Waals surface area contributed by atoms with Crippen LogP contribution in [0.15, 0.2) is 83.5 Å². The number of nitrogens with one attached hydrogen (secondary N) is 1. The number of aliphatic hydroxyl groups is 2. The van der Waals surface area contributed by atoms with Gasteiger partial charge in [0.05, 0.1) is 36.6 Å². The van der Waals surface area contributed by atoms with Crippen molar-refractivity contribution in [2.45, 2.75) is 75.7 Å². The largest absolute Gasteiger partial charge is 0.432 e. The highest BCUT2D eigenvalue weighted by Gasteiger charge is 2.66. The van der Waals surface area contributed by atoms with Crippen LogP contribution in [0.25, 0.3) is 0 Å². The summed E-state index contributed by atoms with van der Waals surface area (Å²) in [7, 11) is -2.88. The molecule has 2 aliphatic heterocycles. The number of nitrogens with zero attached hydrogens (tertiary/aromatic N) is 4. The molecule has 49 heavy (non-hydrogen) atoms. The molecule has 4 N–H and O–H groups in total. The quantitative estimate of drug-likeness (QED) is 0.158. The van der Waals surface area contributed by atoms with E-state index in [4.69, 9.17) is 4.74 Å². The number of carbonyl (C=O) groups is 2. The van der Waals surface area contributed by atoms with E-state index in [1.165, 1.54) is 6.92 Å². The Hall–Kier alpha value is -3.72. The molecule has 1 fully saturated rings. The highest BCUT2D eigenvalue weighted by atomic mass is 79.9. The van der Waals surface area contributed by atoms with Crippen LogP contribution in [0.4, 0.5) is 11.4 Å². The summed E-state index contributed by atoms with van der Waals surface area (Å²) in [6.07, 6.45) is 0.735. The van der Waals surface area contributed by atoms with Gasteiger partial charge in [-0.2, -0.15) is 0 Å². The molecule has 1 aromatic heterocycles. The Morgan fingerprint density at radius 1 is 1.12 bits per heavy atom. The minimum absolute atomic E-state index is 0.102. The SMILES string of the molecule is C[C@H](O)C(=O)Nc1cccc(CN2C(=O)[C@@]3(O[C@@H](CCn4cc(C(CO)c5ccccc5)nn4)[C@H]([Si](C)(C)O)[C@H]3C)c3cc(Br)ccc32)c1. The van der Waals surface area contributed by atoms with E-state index in [0.29, 0.717) is 24.3 Å². The van der Waals surface area contributed by atoms with Crippen molar-refractivity contribution in [2.24, 2.45) is 5.92 Å². The third-order valence-corrected chi connectivity index (χ3v) is 12.8. The molecule has 0 bridgehead atoms. The van der Waals surface area contributed by atoms with Crippen LogP contribution in [-0.4, -0.2) is 68.9 Å². The van der Waals surface area contributed by atoms with E-state index in [-0.39, 0.29) is 36.4 Å². The lowest BCUT2D eigenvalue weighted by Gasteiger charge is -2.32. The number of fused-ring (bicyclic) bond motifs is 2. The zero-order valence-electron chi connectivity index (χ0n) is 28.0. The van der Waals surface area contributed by atoms with Gasteiger partial charge in [0, 0.05) is 39.9 Å². The van der Waals surface area contributed by atoms with E-state index in [9.17, 15) is 24.6 Å². The molecule has 3 aromatic carbocycles. The summed E-state index contributed by atoms with van der Waals surface area (Å²) in [5.74, 6) is -1.36. The molecule has 2 amide bonds. The summed E-state index contributed by atoms with van der Waals surface area (Å²) >= 11 is 3.61. The van der Waals surface area contributed by atoms with Gasteiger partial charge in [0.25, 0.3) is 11.8 Å². The van der Waals surface area contributed by atoms with E-state index >= 15 is 0 Å². The van der Waals surface area contributed by atoms with Gasteiger partial charge in [-0.15, -0.1) is 5.10 Å². The van der Waals surface area contributed by atoms with Crippen molar-refractivity contribution in [1.82, 2.24) is 15.0 Å². The third kappa shape index (κ3) is 6.75. The first-order valence-electron chi connectivity index (χ1n) is 16.5. The molecule has 4 aromatic rings. The predicted octanol–water partition coefficient (Wildman–Crippen LogP) is 4.92. The summed E-state index contributed by atoms with van der Waals surface area (Å²) < 4.78 is 9.52. The second-order valence-corrected chi connectivity index (χ2v) is 18.5. The molecule has 3 heterocycles. The van der Waals surface area contributed by atoms with Crippen molar-refractivity contribution in [3.05, 3.63) is 106 Å². The molecular formula is C36H42BrN5O6Si. The summed E-state index contributed by atoms with van der Waals surface area (Å²) in [6.45, 7) is 7.78. The topological polar surface area (TPSA) is 150 Å². The van der Waals surface area contributed by atoms with Crippen LogP contribution < -0.4 is 10.2 Å². The molecule has 1 spiro atoms. The summed E-state index contributed by atoms with van der Waals surface area (Å²) in [5, 5.41) is 31.2. The Kier molecular flexibility index (Phi) is 9.95. The van der Waals surface area contributed by atoms with Gasteiger partial charge in [-0.05, 0) is 67.9 Å². The molecule has 0 saturated carbocycles. The van der Waals surface area contributed by atoms with Crippen molar-refractivity contribution in [1.29, 1.82) is 0 Å². The maximum atomic E-state index is 14.8. The van der Waals surface area contributed by atoms with Crippen LogP contribution in [0.1, 0.15) is 48.6 Å². The molecule has 13 heteroatoms. The zero-order valence-corrected chi connectivity index (χ0v) is 30.5. The van der Waals surface area contributed by atoms with Gasteiger partial charge in [-0.3, -0.25) is 14.3 Å². The number of anilines is 2. The van der Waals surface area contributed by atoms with Gasteiger partial charge in [0.1, 0.15) is 6.10 Å². The first-order chi connectivity index (χ1) is 23.3.